The molecule has 0 radical (unpaired) electrons. The van der Waals surface area contributed by atoms with Crippen molar-refractivity contribution >= 4 is 101 Å². The summed E-state index contributed by atoms with van der Waals surface area (Å²) in [7, 11) is -6.69. The van der Waals surface area contributed by atoms with E-state index in [4.69, 9.17) is 27.9 Å². The minimum atomic E-state index is -3.41. The second kappa shape index (κ2) is 32.7. The molecule has 0 aromatic rings. The number of piperidine rings is 2. The van der Waals surface area contributed by atoms with Gasteiger partial charge in [0.05, 0.1) is 47.3 Å². The second-order valence-electron chi connectivity index (χ2n) is 33.3. The lowest BCUT2D eigenvalue weighted by atomic mass is 9.66. The van der Waals surface area contributed by atoms with Crippen LogP contribution in [0.15, 0.2) is 25.3 Å². The number of fused-ring (bicyclic) bond motifs is 2. The molecule has 8 fully saturated rings. The molecule has 97 heavy (non-hydrogen) atoms. The van der Waals surface area contributed by atoms with Gasteiger partial charge >= 0.3 is 0 Å². The maximum absolute atomic E-state index is 14.6. The van der Waals surface area contributed by atoms with Crippen LogP contribution in [0.25, 0.3) is 0 Å². The van der Waals surface area contributed by atoms with Gasteiger partial charge in [0.2, 0.25) is 23.4 Å². The van der Waals surface area contributed by atoms with Crippen LogP contribution >= 0.6 is 23.2 Å². The number of ketones is 8. The standard InChI is InChI=1S/C39H61NO8S.C37H55Cl2NO7S/c1-8-10-15-26(35(44)30(42)16-11-9-2)21-31(43)34-33-29(38(33,6)7)24-40(34)36(45)28(37(3,4)5)22-27(41)23-39(17-13-12-14-18-39)32-25-48-19-20-49(32,46)47;1-6-8-14-24(33(44)28(42)15-9-7-2)20-29(43)32-31-27(37(31,38)39)23-40(32)34(45)26(35(3,4)5)21-25(41)22-36(17-11-10-12-18-36)30-16-13-19-48(30,46)47/h9,26,28-29,32-34H,2,8,10-25H2,1,3-7H3;7,24,26-27,30-32H,2,6,8-23H2,1,3-5H3/t26-,28-,29+,32?,33+,34-;24-,26-,27+,30?,31+,32-/m11/s1. The lowest BCUT2D eigenvalue weighted by Crippen LogP contribution is -2.52. The van der Waals surface area contributed by atoms with Crippen molar-refractivity contribution in [2.75, 3.05) is 37.8 Å². The van der Waals surface area contributed by atoms with Gasteiger partial charge < -0.3 is 14.5 Å². The van der Waals surface area contributed by atoms with Crippen molar-refractivity contribution in [1.82, 2.24) is 9.80 Å². The van der Waals surface area contributed by atoms with Crippen LogP contribution in [0.5, 0.6) is 0 Å². The van der Waals surface area contributed by atoms with Gasteiger partial charge in [-0.15, -0.1) is 36.4 Å². The Kier molecular flexibility index (Phi) is 27.1. The van der Waals surface area contributed by atoms with E-state index in [1.165, 1.54) is 4.90 Å². The highest BCUT2D eigenvalue weighted by atomic mass is 35.5. The number of carbonyl (C=O) groups excluding carboxylic acids is 10. The van der Waals surface area contributed by atoms with Crippen LogP contribution in [-0.2, 0) is 72.4 Å². The van der Waals surface area contributed by atoms with Gasteiger partial charge in [-0.25, -0.2) is 16.8 Å². The van der Waals surface area contributed by atoms with E-state index in [0.717, 1.165) is 51.4 Å². The van der Waals surface area contributed by atoms with E-state index in [0.29, 0.717) is 83.6 Å². The van der Waals surface area contributed by atoms with Crippen LogP contribution in [0.3, 0.4) is 0 Å². The maximum Gasteiger partial charge on any atom is 0.227 e. The SMILES string of the molecule is C=CCCC(=O)C(=O)[C@H](CCCC)CC(=O)[C@@H]1[C@@H]2[C@H](CN1C(=O)[C@@H](CC(=O)CC1(C3CCCS3(=O)=O)CCCCC1)C(C)(C)C)C2(Cl)Cl.C=CCCC(=O)C(=O)[C@H](CCCC)CC(=O)[C@@H]1[C@@H]2[C@H](CN1C(=O)[C@@H](CC(=O)CC1(C3COCCS3(=O)=O)CCCCC1)C(C)(C)C)C2(C)C. The average Bonchev–Trinajstić information content (AvgIpc) is 1.53. The van der Waals surface area contributed by atoms with E-state index in [9.17, 15) is 64.8 Å². The number of likely N-dealkylation sites (tertiary alicyclic amines) is 2. The topological polar surface area (TPSA) is 255 Å². The Hall–Kier alpha value is -3.78. The van der Waals surface area contributed by atoms with Crippen LogP contribution in [0, 0.1) is 74.4 Å². The van der Waals surface area contributed by atoms with E-state index >= 15 is 0 Å². The van der Waals surface area contributed by atoms with Crippen LogP contribution in [0.4, 0.5) is 0 Å². The molecule has 0 aromatic carbocycles. The number of halogens is 2. The summed E-state index contributed by atoms with van der Waals surface area (Å²) in [6.07, 6.45) is 17.2. The number of unbranched alkanes of at least 4 members (excludes halogenated alkanes) is 2. The van der Waals surface area contributed by atoms with Crippen molar-refractivity contribution in [2.45, 2.75) is 276 Å². The molecule has 0 spiro atoms. The molecule has 4 aliphatic heterocycles. The van der Waals surface area contributed by atoms with E-state index < -0.39 is 121 Å². The minimum absolute atomic E-state index is 0.0245. The first-order chi connectivity index (χ1) is 45.3. The normalized spacial score (nSPS) is 28.2. The van der Waals surface area contributed by atoms with Gasteiger partial charge in [-0.3, -0.25) is 47.9 Å². The lowest BCUT2D eigenvalue weighted by molar-refractivity contribution is -0.148. The summed E-state index contributed by atoms with van der Waals surface area (Å²) in [6, 6.07) is -1.66. The number of hydrogen-bond acceptors (Lipinski definition) is 15. The Bertz CT molecular complexity index is 3180. The van der Waals surface area contributed by atoms with Crippen molar-refractivity contribution in [3.05, 3.63) is 25.3 Å². The van der Waals surface area contributed by atoms with Crippen molar-refractivity contribution in [1.29, 1.82) is 0 Å². The zero-order valence-electron chi connectivity index (χ0n) is 60.1. The average molecular weight is 1430 g/mol. The van der Waals surface area contributed by atoms with Gasteiger partial charge in [0, 0.05) is 100.0 Å². The fourth-order valence-electron chi connectivity index (χ4n) is 18.2. The van der Waals surface area contributed by atoms with Crippen LogP contribution in [0.2, 0.25) is 0 Å². The number of rotatable bonds is 34. The summed E-state index contributed by atoms with van der Waals surface area (Å²) in [5.74, 6) is -6.92. The van der Waals surface area contributed by atoms with Gasteiger partial charge in [-0.2, -0.15) is 0 Å². The zero-order valence-corrected chi connectivity index (χ0v) is 63.3. The molecule has 0 aromatic heterocycles. The summed E-state index contributed by atoms with van der Waals surface area (Å²) in [5.41, 5.74) is -2.65. The van der Waals surface area contributed by atoms with Gasteiger partial charge in [0.1, 0.15) is 15.9 Å². The third kappa shape index (κ3) is 18.5. The molecule has 0 bridgehead atoms. The minimum Gasteiger partial charge on any atom is -0.379 e. The summed E-state index contributed by atoms with van der Waals surface area (Å²) >= 11 is 13.2. The highest BCUT2D eigenvalue weighted by Gasteiger charge is 2.74. The quantitative estimate of drug-likeness (QED) is 0.0330. The van der Waals surface area contributed by atoms with E-state index in [-0.39, 0.29) is 141 Å². The van der Waals surface area contributed by atoms with Crippen molar-refractivity contribution in [3.8, 4) is 0 Å². The number of sulfone groups is 2. The van der Waals surface area contributed by atoms with Crippen LogP contribution < -0.4 is 0 Å². The Morgan fingerprint density at radius 1 is 0.567 bits per heavy atom. The van der Waals surface area contributed by atoms with E-state index in [1.807, 2.05) is 55.4 Å². The summed E-state index contributed by atoms with van der Waals surface area (Å²) < 4.78 is 57.2. The highest BCUT2D eigenvalue weighted by molar-refractivity contribution is 7.92. The molecule has 4 saturated heterocycles. The number of amides is 2. The molecule has 17 nitrogen and oxygen atoms in total. The molecule has 12 atom stereocenters. The number of hydrogen-bond donors (Lipinski definition) is 0. The molecule has 546 valence electrons. The fraction of sp³-hybridized carbons (Fsp3) is 0.816. The molecular weight excluding hydrogens is 1320 g/mol. The molecule has 4 saturated carbocycles. The number of alkyl halides is 2. The van der Waals surface area contributed by atoms with Crippen molar-refractivity contribution < 1.29 is 69.5 Å². The molecule has 8 rings (SSSR count). The zero-order chi connectivity index (χ0) is 72.0. The first-order valence-electron chi connectivity index (χ1n) is 36.8. The molecule has 4 aliphatic carbocycles. The number of carbonyl (C=O) groups is 10. The largest absolute Gasteiger partial charge is 0.379 e. The number of ether oxygens (including phenoxy) is 1. The number of allylic oxidation sites excluding steroid dienone is 2. The fourth-order valence-corrected chi connectivity index (χ4v) is 23.5. The Morgan fingerprint density at radius 3 is 1.37 bits per heavy atom. The maximum atomic E-state index is 14.6. The monoisotopic (exact) mass is 1430 g/mol. The van der Waals surface area contributed by atoms with Crippen LogP contribution in [0.1, 0.15) is 249 Å². The Balaban J connectivity index is 0.000000273. The van der Waals surface area contributed by atoms with E-state index in [2.05, 4.69) is 27.0 Å². The van der Waals surface area contributed by atoms with Gasteiger partial charge in [0.25, 0.3) is 0 Å². The van der Waals surface area contributed by atoms with Gasteiger partial charge in [-0.1, -0.05) is 146 Å². The smallest absolute Gasteiger partial charge is 0.227 e. The summed E-state index contributed by atoms with van der Waals surface area (Å²) in [5, 5.41) is -1.23. The Labute approximate surface area is 590 Å². The van der Waals surface area contributed by atoms with Gasteiger partial charge in [0.15, 0.2) is 42.8 Å². The molecule has 0 N–H and O–H groups in total. The first-order valence-corrected chi connectivity index (χ1v) is 40.9. The van der Waals surface area contributed by atoms with Crippen molar-refractivity contribution in [3.63, 3.8) is 0 Å². The summed E-state index contributed by atoms with van der Waals surface area (Å²) in [4.78, 5) is 140. The number of Topliss-reactive ketones (excluding diaryl/α,β-unsaturated/α-hetero) is 8. The first kappa shape index (κ1) is 80.5. The third-order valence-electron chi connectivity index (χ3n) is 24.2. The summed E-state index contributed by atoms with van der Waals surface area (Å²) in [6.45, 7) is 27.8. The third-order valence-corrected chi connectivity index (χ3v) is 29.9. The lowest BCUT2D eigenvalue weighted by Gasteiger charge is -2.44. The molecule has 21 heteroatoms. The highest BCUT2D eigenvalue weighted by Crippen LogP contribution is 2.67. The molecule has 8 aliphatic rings. The molecule has 4 heterocycles. The molecule has 2 amide bonds. The van der Waals surface area contributed by atoms with E-state index in [1.54, 1.807) is 17.1 Å². The number of nitrogens with zero attached hydrogens (tertiary/aromatic N) is 2. The molecular formula is C76H116Cl2N2O15S2. The van der Waals surface area contributed by atoms with Crippen molar-refractivity contribution in [2.24, 2.45) is 74.4 Å². The van der Waals surface area contributed by atoms with Crippen LogP contribution in [-0.4, -0.2) is 149 Å². The Morgan fingerprint density at radius 2 is 0.979 bits per heavy atom. The second-order valence-corrected chi connectivity index (χ2v) is 39.4. The molecule has 2 unspecified atom stereocenters. The van der Waals surface area contributed by atoms with Gasteiger partial charge in [-0.05, 0) is 103 Å². The predicted octanol–water partition coefficient (Wildman–Crippen LogP) is 13.1. The predicted molar refractivity (Wildman–Crippen MR) is 378 cm³/mol.